The lowest BCUT2D eigenvalue weighted by Crippen LogP contribution is -2.48. The van der Waals surface area contributed by atoms with Crippen molar-refractivity contribution in [2.45, 2.75) is 64.9 Å². The molecule has 1 aliphatic heterocycles. The maximum Gasteiger partial charge on any atom is 0.435 e. The molecule has 3 aromatic heterocycles. The number of nitriles is 1. The Hall–Kier alpha value is -5.66. The number of amides is 3. The molecule has 1 atom stereocenters. The highest BCUT2D eigenvalue weighted by atomic mass is 19.4. The molecular formula is C32H35F3N10O4. The highest BCUT2D eigenvalue weighted by molar-refractivity contribution is 5.96. The summed E-state index contributed by atoms with van der Waals surface area (Å²) in [4.78, 5) is 48.2. The maximum absolute atomic E-state index is 13.8. The Bertz CT molecular complexity index is 1920. The van der Waals surface area contributed by atoms with Crippen LogP contribution in [0.1, 0.15) is 55.2 Å². The van der Waals surface area contributed by atoms with Gasteiger partial charge < -0.3 is 20.7 Å². The fraction of sp³-hybridized carbons (Fsp3) is 0.406. The Morgan fingerprint density at radius 3 is 2.57 bits per heavy atom. The number of halogens is 3. The molecule has 258 valence electrons. The maximum atomic E-state index is 13.8. The molecule has 4 aromatic rings. The monoisotopic (exact) mass is 680 g/mol. The van der Waals surface area contributed by atoms with Gasteiger partial charge in [-0.3, -0.25) is 23.6 Å². The largest absolute Gasteiger partial charge is 0.444 e. The first-order valence-corrected chi connectivity index (χ1v) is 15.4. The average molecular weight is 681 g/mol. The molecule has 1 aromatic carbocycles. The van der Waals surface area contributed by atoms with Gasteiger partial charge in [-0.1, -0.05) is 0 Å². The fourth-order valence-electron chi connectivity index (χ4n) is 5.46. The Balaban J connectivity index is 1.21. The van der Waals surface area contributed by atoms with E-state index in [1.807, 2.05) is 0 Å². The van der Waals surface area contributed by atoms with Crippen molar-refractivity contribution in [3.05, 3.63) is 59.8 Å². The van der Waals surface area contributed by atoms with Crippen molar-refractivity contribution >= 4 is 35.1 Å². The smallest absolute Gasteiger partial charge is 0.435 e. The summed E-state index contributed by atoms with van der Waals surface area (Å²) in [6.45, 7) is 7.43. The van der Waals surface area contributed by atoms with Crippen LogP contribution in [0.3, 0.4) is 0 Å². The topological polar surface area (TPSA) is 172 Å². The Kier molecular flexibility index (Phi) is 9.78. The lowest BCUT2D eigenvalue weighted by molar-refractivity contribution is -0.141. The summed E-state index contributed by atoms with van der Waals surface area (Å²) in [5.74, 6) is -0.413. The molecule has 5 rings (SSSR count). The molecule has 3 N–H and O–H groups in total. The number of nitrogens with one attached hydrogen (secondary N) is 3. The number of hydrogen-bond donors (Lipinski definition) is 3. The van der Waals surface area contributed by atoms with Crippen LogP contribution in [0.5, 0.6) is 0 Å². The number of nitrogens with zero attached hydrogens (tertiary/aromatic N) is 7. The minimum Gasteiger partial charge on any atom is -0.444 e. The Morgan fingerprint density at radius 2 is 1.88 bits per heavy atom. The van der Waals surface area contributed by atoms with Crippen LogP contribution in [0.2, 0.25) is 0 Å². The molecular weight excluding hydrogens is 645 g/mol. The number of ether oxygens (including phenoxy) is 1. The zero-order valence-electron chi connectivity index (χ0n) is 27.3. The van der Waals surface area contributed by atoms with Gasteiger partial charge in [0, 0.05) is 49.5 Å². The van der Waals surface area contributed by atoms with E-state index >= 15 is 0 Å². The van der Waals surface area contributed by atoms with Crippen molar-refractivity contribution < 1.29 is 32.3 Å². The molecule has 0 aliphatic carbocycles. The van der Waals surface area contributed by atoms with Crippen molar-refractivity contribution in [2.75, 3.05) is 25.0 Å². The van der Waals surface area contributed by atoms with Crippen molar-refractivity contribution in [1.82, 2.24) is 39.7 Å². The number of aryl methyl sites for hydroxylation is 1. The third-order valence-electron chi connectivity index (χ3n) is 7.59. The molecule has 1 aliphatic rings. The molecule has 0 saturated carbocycles. The summed E-state index contributed by atoms with van der Waals surface area (Å²) in [7, 11) is 0. The van der Waals surface area contributed by atoms with Gasteiger partial charge in [-0.2, -0.15) is 23.5 Å². The van der Waals surface area contributed by atoms with E-state index in [0.29, 0.717) is 36.2 Å². The first-order valence-electron chi connectivity index (χ1n) is 15.4. The van der Waals surface area contributed by atoms with Crippen LogP contribution in [-0.2, 0) is 22.3 Å². The van der Waals surface area contributed by atoms with Crippen LogP contribution >= 0.6 is 0 Å². The Labute approximate surface area is 279 Å². The molecule has 49 heavy (non-hydrogen) atoms. The fourth-order valence-corrected chi connectivity index (χ4v) is 5.46. The van der Waals surface area contributed by atoms with Gasteiger partial charge in [0.25, 0.3) is 5.91 Å². The molecule has 1 fully saturated rings. The summed E-state index contributed by atoms with van der Waals surface area (Å²) in [6, 6.07) is 6.12. The minimum atomic E-state index is -4.76. The molecule has 0 unspecified atom stereocenters. The van der Waals surface area contributed by atoms with E-state index < -0.39 is 29.6 Å². The van der Waals surface area contributed by atoms with Crippen LogP contribution in [-0.4, -0.2) is 78.2 Å². The van der Waals surface area contributed by atoms with Crippen LogP contribution in [0.25, 0.3) is 16.9 Å². The van der Waals surface area contributed by atoms with Gasteiger partial charge >= 0.3 is 12.3 Å². The summed E-state index contributed by atoms with van der Waals surface area (Å²) < 4.78 is 49.1. The summed E-state index contributed by atoms with van der Waals surface area (Å²) in [5.41, 5.74) is -0.122. The number of benzene rings is 1. The van der Waals surface area contributed by atoms with E-state index in [2.05, 4.69) is 31.0 Å². The second-order valence-electron chi connectivity index (χ2n) is 12.4. The number of hydrogen-bond acceptors (Lipinski definition) is 9. The molecule has 0 radical (unpaired) electrons. The number of rotatable bonds is 9. The standard InChI is InChI=1S/C32H35F3N10O4/c1-19-16-20(7-8-21(19)28(46)38-10-11-39-29(47)23-6-5-13-45(23)30(48)49-31(2,3)4)41-26-27-40-17-24(44(27)15-12-37-26)22-18-43(14-9-36)42-25(22)32(33,34)35/h7-8,12,15-18,23H,5-6,10-11,13-14H2,1-4H3,(H,37,41)(H,38,46)(H,39,47)/t23-/m0/s1. The predicted octanol–water partition coefficient (Wildman–Crippen LogP) is 4.43. The zero-order chi connectivity index (χ0) is 35.5. The highest BCUT2D eigenvalue weighted by Gasteiger charge is 2.39. The molecule has 3 amide bonds. The van der Waals surface area contributed by atoms with E-state index in [1.165, 1.54) is 27.9 Å². The number of anilines is 2. The van der Waals surface area contributed by atoms with Crippen molar-refractivity contribution in [1.29, 1.82) is 5.26 Å². The highest BCUT2D eigenvalue weighted by Crippen LogP contribution is 2.37. The normalized spacial score (nSPS) is 14.8. The first kappa shape index (κ1) is 34.7. The number of aromatic nitrogens is 5. The number of carbonyl (C=O) groups is 3. The third-order valence-corrected chi connectivity index (χ3v) is 7.59. The average Bonchev–Trinajstić information content (AvgIpc) is 3.77. The van der Waals surface area contributed by atoms with E-state index in [9.17, 15) is 27.6 Å². The van der Waals surface area contributed by atoms with E-state index in [-0.39, 0.29) is 54.2 Å². The quantitative estimate of drug-likeness (QED) is 0.216. The van der Waals surface area contributed by atoms with Gasteiger partial charge in [-0.15, -0.1) is 0 Å². The number of imidazole rings is 1. The summed E-state index contributed by atoms with van der Waals surface area (Å²) in [5, 5.41) is 21.1. The predicted molar refractivity (Wildman–Crippen MR) is 171 cm³/mol. The van der Waals surface area contributed by atoms with Crippen LogP contribution in [0.15, 0.2) is 43.0 Å². The van der Waals surface area contributed by atoms with Gasteiger partial charge in [0.15, 0.2) is 17.2 Å². The molecule has 17 heteroatoms. The van der Waals surface area contributed by atoms with Gasteiger partial charge in [0.2, 0.25) is 5.91 Å². The lowest BCUT2D eigenvalue weighted by atomic mass is 10.1. The van der Waals surface area contributed by atoms with Crippen LogP contribution in [0.4, 0.5) is 29.5 Å². The molecule has 4 heterocycles. The van der Waals surface area contributed by atoms with E-state index in [0.717, 1.165) is 10.9 Å². The van der Waals surface area contributed by atoms with Crippen LogP contribution in [0, 0.1) is 18.3 Å². The second-order valence-corrected chi connectivity index (χ2v) is 12.4. The number of likely N-dealkylation sites (tertiary alicyclic amines) is 1. The zero-order valence-corrected chi connectivity index (χ0v) is 27.3. The van der Waals surface area contributed by atoms with Gasteiger partial charge in [-0.05, 0) is 64.3 Å². The third kappa shape index (κ3) is 7.91. The van der Waals surface area contributed by atoms with Gasteiger partial charge in [-0.25, -0.2) is 14.8 Å². The first-order chi connectivity index (χ1) is 23.2. The number of fused-ring (bicyclic) bond motifs is 1. The number of carbonyl (C=O) groups excluding carboxylic acids is 3. The molecule has 1 saturated heterocycles. The summed E-state index contributed by atoms with van der Waals surface area (Å²) in [6.07, 6.45) is 1.22. The SMILES string of the molecule is Cc1cc(Nc2nccn3c(-c4cn(CC#N)nc4C(F)(F)F)cnc23)ccc1C(=O)NCCNC(=O)[C@@H]1CCCN1C(=O)OC(C)(C)C. The minimum absolute atomic E-state index is 0.111. The van der Waals surface area contributed by atoms with Crippen molar-refractivity contribution in [2.24, 2.45) is 0 Å². The molecule has 14 nitrogen and oxygen atoms in total. The summed E-state index contributed by atoms with van der Waals surface area (Å²) >= 11 is 0. The lowest BCUT2D eigenvalue weighted by Gasteiger charge is -2.28. The molecule has 0 spiro atoms. The van der Waals surface area contributed by atoms with Crippen molar-refractivity contribution in [3.63, 3.8) is 0 Å². The van der Waals surface area contributed by atoms with Gasteiger partial charge in [0.05, 0.1) is 23.5 Å². The number of alkyl halides is 3. The Morgan fingerprint density at radius 1 is 1.12 bits per heavy atom. The molecule has 0 bridgehead atoms. The van der Waals surface area contributed by atoms with Gasteiger partial charge in [0.1, 0.15) is 18.2 Å². The van der Waals surface area contributed by atoms with Crippen molar-refractivity contribution in [3.8, 4) is 17.3 Å². The van der Waals surface area contributed by atoms with Crippen LogP contribution < -0.4 is 16.0 Å². The van der Waals surface area contributed by atoms with E-state index in [1.54, 1.807) is 52.0 Å². The second kappa shape index (κ2) is 13.8. The van der Waals surface area contributed by atoms with E-state index in [4.69, 9.17) is 10.00 Å².